The van der Waals surface area contributed by atoms with Gasteiger partial charge in [-0.25, -0.2) is 0 Å². The fourth-order valence-corrected chi connectivity index (χ4v) is 2.59. The van der Waals surface area contributed by atoms with E-state index < -0.39 is 5.60 Å². The van der Waals surface area contributed by atoms with Crippen LogP contribution < -0.4 is 0 Å². The van der Waals surface area contributed by atoms with Crippen LogP contribution >= 0.6 is 0 Å². The van der Waals surface area contributed by atoms with Crippen molar-refractivity contribution < 1.29 is 9.52 Å². The molecule has 1 aromatic heterocycles. The van der Waals surface area contributed by atoms with Crippen molar-refractivity contribution in [1.82, 2.24) is 0 Å². The van der Waals surface area contributed by atoms with Crippen LogP contribution in [0.4, 0.5) is 0 Å². The highest BCUT2D eigenvalue weighted by atomic mass is 16.4. The Morgan fingerprint density at radius 2 is 2.33 bits per heavy atom. The van der Waals surface area contributed by atoms with Crippen LogP contribution in [-0.2, 0) is 5.60 Å². The van der Waals surface area contributed by atoms with Crippen molar-refractivity contribution in [3.63, 3.8) is 0 Å². The molecule has 2 unspecified atom stereocenters. The molecule has 2 rings (SSSR count). The van der Waals surface area contributed by atoms with Gasteiger partial charge in [0.25, 0.3) is 0 Å². The van der Waals surface area contributed by atoms with Crippen LogP contribution in [0.15, 0.2) is 22.8 Å². The van der Waals surface area contributed by atoms with E-state index >= 15 is 0 Å². The minimum absolute atomic E-state index is 0.701. The average Bonchev–Trinajstić information content (AvgIpc) is 2.71. The van der Waals surface area contributed by atoms with E-state index in [1.807, 2.05) is 12.1 Å². The first-order valence-corrected chi connectivity index (χ1v) is 6.01. The highest BCUT2D eigenvalue weighted by Gasteiger charge is 2.34. The SMILES string of the molecule is CCC1CCCC(O)(c2ccco2)CC1. The van der Waals surface area contributed by atoms with Gasteiger partial charge in [0.15, 0.2) is 0 Å². The Kier molecular flexibility index (Phi) is 3.15. The molecule has 0 amide bonds. The molecule has 0 aromatic carbocycles. The molecule has 1 N–H and O–H groups in total. The Hall–Kier alpha value is -0.760. The minimum Gasteiger partial charge on any atom is -0.466 e. The normalized spacial score (nSPS) is 32.5. The highest BCUT2D eigenvalue weighted by Crippen LogP contribution is 2.38. The third-order valence-corrected chi connectivity index (χ3v) is 3.73. The molecule has 1 saturated carbocycles. The maximum absolute atomic E-state index is 10.5. The Balaban J connectivity index is 2.09. The lowest BCUT2D eigenvalue weighted by molar-refractivity contribution is -0.00120. The van der Waals surface area contributed by atoms with E-state index in [1.54, 1.807) is 6.26 Å². The van der Waals surface area contributed by atoms with E-state index in [0.29, 0.717) is 0 Å². The standard InChI is InChI=1S/C13H20O2/c1-2-11-5-3-8-13(14,9-7-11)12-6-4-10-15-12/h4,6,10-11,14H,2-3,5,7-9H2,1H3. The molecule has 0 saturated heterocycles. The molecule has 0 spiro atoms. The summed E-state index contributed by atoms with van der Waals surface area (Å²) in [7, 11) is 0. The second-order valence-corrected chi connectivity index (χ2v) is 4.71. The van der Waals surface area contributed by atoms with Gasteiger partial charge in [-0.15, -0.1) is 0 Å². The van der Waals surface area contributed by atoms with Gasteiger partial charge in [0.1, 0.15) is 11.4 Å². The van der Waals surface area contributed by atoms with E-state index in [1.165, 1.54) is 12.8 Å². The van der Waals surface area contributed by atoms with Crippen molar-refractivity contribution in [3.05, 3.63) is 24.2 Å². The Bertz CT molecular complexity index is 291. The smallest absolute Gasteiger partial charge is 0.135 e. The molecule has 1 aromatic rings. The molecule has 0 bridgehead atoms. The first-order chi connectivity index (χ1) is 7.24. The summed E-state index contributed by atoms with van der Waals surface area (Å²) in [6, 6.07) is 3.75. The summed E-state index contributed by atoms with van der Waals surface area (Å²) in [5, 5.41) is 10.5. The van der Waals surface area contributed by atoms with Gasteiger partial charge in [0.05, 0.1) is 6.26 Å². The molecular weight excluding hydrogens is 188 g/mol. The van der Waals surface area contributed by atoms with Crippen molar-refractivity contribution in [2.45, 2.75) is 51.0 Å². The molecule has 15 heavy (non-hydrogen) atoms. The maximum Gasteiger partial charge on any atom is 0.135 e. The number of hydrogen-bond acceptors (Lipinski definition) is 2. The quantitative estimate of drug-likeness (QED) is 0.755. The summed E-state index contributed by atoms with van der Waals surface area (Å²) < 4.78 is 5.35. The number of furan rings is 1. The van der Waals surface area contributed by atoms with E-state index in [0.717, 1.165) is 37.4 Å². The van der Waals surface area contributed by atoms with Gasteiger partial charge in [0, 0.05) is 0 Å². The molecular formula is C13H20O2. The van der Waals surface area contributed by atoms with Crippen molar-refractivity contribution in [1.29, 1.82) is 0 Å². The van der Waals surface area contributed by atoms with E-state index in [9.17, 15) is 5.11 Å². The maximum atomic E-state index is 10.5. The van der Waals surface area contributed by atoms with Crippen LogP contribution in [0.1, 0.15) is 51.2 Å². The van der Waals surface area contributed by atoms with Crippen LogP contribution in [0.25, 0.3) is 0 Å². The summed E-state index contributed by atoms with van der Waals surface area (Å²) in [5.41, 5.74) is -0.701. The lowest BCUT2D eigenvalue weighted by atomic mass is 9.91. The Morgan fingerprint density at radius 3 is 3.00 bits per heavy atom. The Morgan fingerprint density at radius 1 is 1.47 bits per heavy atom. The molecule has 0 radical (unpaired) electrons. The van der Waals surface area contributed by atoms with E-state index in [4.69, 9.17) is 4.42 Å². The molecule has 2 atom stereocenters. The fourth-order valence-electron chi connectivity index (χ4n) is 2.59. The molecule has 1 aliphatic carbocycles. The van der Waals surface area contributed by atoms with Crippen LogP contribution in [0.2, 0.25) is 0 Å². The van der Waals surface area contributed by atoms with E-state index in [2.05, 4.69) is 6.92 Å². The van der Waals surface area contributed by atoms with E-state index in [-0.39, 0.29) is 0 Å². The second kappa shape index (κ2) is 4.40. The molecule has 1 aliphatic rings. The molecule has 84 valence electrons. The first-order valence-electron chi connectivity index (χ1n) is 6.01. The molecule has 2 nitrogen and oxygen atoms in total. The van der Waals surface area contributed by atoms with Crippen LogP contribution in [0.5, 0.6) is 0 Å². The summed E-state index contributed by atoms with van der Waals surface area (Å²) in [6.07, 6.45) is 8.04. The lowest BCUT2D eigenvalue weighted by Gasteiger charge is -2.24. The zero-order valence-electron chi connectivity index (χ0n) is 9.41. The van der Waals surface area contributed by atoms with Crippen molar-refractivity contribution >= 4 is 0 Å². The van der Waals surface area contributed by atoms with Gasteiger partial charge in [-0.05, 0) is 43.7 Å². The zero-order valence-corrected chi connectivity index (χ0v) is 9.41. The third-order valence-electron chi connectivity index (χ3n) is 3.73. The Labute approximate surface area is 91.3 Å². The summed E-state index contributed by atoms with van der Waals surface area (Å²) in [4.78, 5) is 0. The van der Waals surface area contributed by atoms with Gasteiger partial charge >= 0.3 is 0 Å². The monoisotopic (exact) mass is 208 g/mol. The minimum atomic E-state index is -0.701. The summed E-state index contributed by atoms with van der Waals surface area (Å²) in [5.74, 6) is 1.54. The van der Waals surface area contributed by atoms with Crippen LogP contribution in [0, 0.1) is 5.92 Å². The molecule has 1 fully saturated rings. The van der Waals surface area contributed by atoms with Crippen molar-refractivity contribution in [3.8, 4) is 0 Å². The van der Waals surface area contributed by atoms with Crippen LogP contribution in [0.3, 0.4) is 0 Å². The number of hydrogen-bond donors (Lipinski definition) is 1. The van der Waals surface area contributed by atoms with Gasteiger partial charge in [-0.2, -0.15) is 0 Å². The predicted molar refractivity (Wildman–Crippen MR) is 59.5 cm³/mol. The molecule has 0 aliphatic heterocycles. The van der Waals surface area contributed by atoms with Gasteiger partial charge in [-0.1, -0.05) is 19.8 Å². The zero-order chi connectivity index (χ0) is 10.7. The largest absolute Gasteiger partial charge is 0.466 e. The summed E-state index contributed by atoms with van der Waals surface area (Å²) >= 11 is 0. The molecule has 1 heterocycles. The third kappa shape index (κ3) is 2.25. The average molecular weight is 208 g/mol. The first kappa shape index (κ1) is 10.7. The fraction of sp³-hybridized carbons (Fsp3) is 0.692. The predicted octanol–water partition coefficient (Wildman–Crippen LogP) is 3.46. The number of aliphatic hydroxyl groups is 1. The summed E-state index contributed by atoms with van der Waals surface area (Å²) in [6.45, 7) is 2.24. The molecule has 2 heteroatoms. The van der Waals surface area contributed by atoms with Gasteiger partial charge in [0.2, 0.25) is 0 Å². The number of rotatable bonds is 2. The van der Waals surface area contributed by atoms with Crippen LogP contribution in [-0.4, -0.2) is 5.11 Å². The van der Waals surface area contributed by atoms with Gasteiger partial charge < -0.3 is 9.52 Å². The van der Waals surface area contributed by atoms with Crippen molar-refractivity contribution in [2.24, 2.45) is 5.92 Å². The second-order valence-electron chi connectivity index (χ2n) is 4.71. The lowest BCUT2D eigenvalue weighted by Crippen LogP contribution is -2.24. The highest BCUT2D eigenvalue weighted by molar-refractivity contribution is 5.09. The van der Waals surface area contributed by atoms with Gasteiger partial charge in [-0.3, -0.25) is 0 Å². The van der Waals surface area contributed by atoms with Crippen molar-refractivity contribution in [2.75, 3.05) is 0 Å². The topological polar surface area (TPSA) is 33.4 Å².